The van der Waals surface area contributed by atoms with Gasteiger partial charge in [-0.05, 0) is 37.3 Å². The molecule has 1 aliphatic heterocycles. The number of benzene rings is 1. The molecule has 18 heavy (non-hydrogen) atoms. The van der Waals surface area contributed by atoms with E-state index in [2.05, 4.69) is 24.8 Å². The Morgan fingerprint density at radius 3 is 2.56 bits per heavy atom. The van der Waals surface area contributed by atoms with Crippen LogP contribution in [0.1, 0.15) is 32.3 Å². The van der Waals surface area contributed by atoms with Gasteiger partial charge in [-0.3, -0.25) is 4.90 Å². The lowest BCUT2D eigenvalue weighted by atomic mass is 9.93. The van der Waals surface area contributed by atoms with Crippen molar-refractivity contribution in [2.75, 3.05) is 13.1 Å². The van der Waals surface area contributed by atoms with Crippen LogP contribution in [-0.4, -0.2) is 23.7 Å². The molecular weight excluding hydrogens is 244 g/mol. The van der Waals surface area contributed by atoms with Crippen LogP contribution in [0.15, 0.2) is 24.3 Å². The zero-order chi connectivity index (χ0) is 13.2. The first-order valence-corrected chi connectivity index (χ1v) is 7.14. The van der Waals surface area contributed by atoms with Crippen LogP contribution in [0, 0.1) is 5.92 Å². The number of rotatable bonds is 3. The van der Waals surface area contributed by atoms with Gasteiger partial charge in [0.25, 0.3) is 0 Å². The van der Waals surface area contributed by atoms with E-state index >= 15 is 0 Å². The van der Waals surface area contributed by atoms with Crippen LogP contribution in [-0.2, 0) is 6.42 Å². The van der Waals surface area contributed by atoms with Crippen molar-refractivity contribution in [1.82, 2.24) is 4.90 Å². The molecule has 2 N–H and O–H groups in total. The van der Waals surface area contributed by atoms with Crippen LogP contribution in [0.5, 0.6) is 0 Å². The maximum absolute atomic E-state index is 6.51. The highest BCUT2D eigenvalue weighted by Crippen LogP contribution is 2.26. The standard InChI is InChI=1S/C15H23ClN2/c1-12-7-9-18(10-8-12)15(2,17)11-13-5-3-4-6-14(13)16/h3-6,12H,7-11,17H2,1-2H3. The number of hydrogen-bond acceptors (Lipinski definition) is 2. The van der Waals surface area contributed by atoms with Crippen molar-refractivity contribution >= 4 is 11.6 Å². The molecule has 0 aliphatic carbocycles. The van der Waals surface area contributed by atoms with Gasteiger partial charge < -0.3 is 5.73 Å². The van der Waals surface area contributed by atoms with E-state index in [4.69, 9.17) is 17.3 Å². The van der Waals surface area contributed by atoms with Crippen molar-refractivity contribution in [2.45, 2.75) is 38.8 Å². The Bertz CT molecular complexity index is 395. The minimum absolute atomic E-state index is 0.300. The molecule has 0 spiro atoms. The Morgan fingerprint density at radius 2 is 1.94 bits per heavy atom. The molecular formula is C15H23ClN2. The number of nitrogens with two attached hydrogens (primary N) is 1. The van der Waals surface area contributed by atoms with Crippen molar-refractivity contribution in [1.29, 1.82) is 0 Å². The molecule has 1 atom stereocenters. The lowest BCUT2D eigenvalue weighted by Crippen LogP contribution is -2.57. The third kappa shape index (κ3) is 3.25. The molecule has 1 aliphatic rings. The van der Waals surface area contributed by atoms with Crippen LogP contribution in [0.2, 0.25) is 5.02 Å². The summed E-state index contributed by atoms with van der Waals surface area (Å²) in [6.07, 6.45) is 3.30. The van der Waals surface area contributed by atoms with Gasteiger partial charge in [-0.2, -0.15) is 0 Å². The fourth-order valence-electron chi connectivity index (χ4n) is 2.66. The van der Waals surface area contributed by atoms with E-state index in [1.165, 1.54) is 12.8 Å². The Labute approximate surface area is 115 Å². The Balaban J connectivity index is 2.05. The second kappa shape index (κ2) is 5.60. The quantitative estimate of drug-likeness (QED) is 0.910. The summed E-state index contributed by atoms with van der Waals surface area (Å²) in [4.78, 5) is 2.40. The van der Waals surface area contributed by atoms with Gasteiger partial charge in [-0.15, -0.1) is 0 Å². The predicted octanol–water partition coefficient (Wildman–Crippen LogP) is 3.29. The first kappa shape index (κ1) is 13.9. The van der Waals surface area contributed by atoms with Gasteiger partial charge in [0, 0.05) is 24.5 Å². The average Bonchev–Trinajstić information content (AvgIpc) is 2.32. The van der Waals surface area contributed by atoms with Crippen LogP contribution in [0.25, 0.3) is 0 Å². The lowest BCUT2D eigenvalue weighted by Gasteiger charge is -2.42. The zero-order valence-electron chi connectivity index (χ0n) is 11.3. The molecule has 1 fully saturated rings. The SMILES string of the molecule is CC1CCN(C(C)(N)Cc2ccccc2Cl)CC1. The largest absolute Gasteiger partial charge is 0.313 e. The summed E-state index contributed by atoms with van der Waals surface area (Å²) in [5.41, 5.74) is 7.35. The lowest BCUT2D eigenvalue weighted by molar-refractivity contribution is 0.0695. The van der Waals surface area contributed by atoms with Crippen molar-refractivity contribution < 1.29 is 0 Å². The van der Waals surface area contributed by atoms with Gasteiger partial charge in [0.15, 0.2) is 0 Å². The number of nitrogens with zero attached hydrogens (tertiary/aromatic N) is 1. The summed E-state index contributed by atoms with van der Waals surface area (Å²) < 4.78 is 0. The molecule has 2 rings (SSSR count). The maximum atomic E-state index is 6.51. The Morgan fingerprint density at radius 1 is 1.33 bits per heavy atom. The summed E-state index contributed by atoms with van der Waals surface area (Å²) in [6.45, 7) is 6.63. The zero-order valence-corrected chi connectivity index (χ0v) is 12.1. The second-order valence-electron chi connectivity index (χ2n) is 5.79. The molecule has 0 aromatic heterocycles. The molecule has 3 heteroatoms. The minimum atomic E-state index is -0.300. The minimum Gasteiger partial charge on any atom is -0.313 e. The van der Waals surface area contributed by atoms with E-state index in [9.17, 15) is 0 Å². The van der Waals surface area contributed by atoms with Crippen LogP contribution in [0.4, 0.5) is 0 Å². The monoisotopic (exact) mass is 266 g/mol. The normalized spacial score (nSPS) is 21.8. The third-order valence-electron chi connectivity index (χ3n) is 4.01. The fourth-order valence-corrected chi connectivity index (χ4v) is 2.86. The van der Waals surface area contributed by atoms with Crippen molar-refractivity contribution in [3.05, 3.63) is 34.9 Å². The third-order valence-corrected chi connectivity index (χ3v) is 4.38. The van der Waals surface area contributed by atoms with Gasteiger partial charge >= 0.3 is 0 Å². The molecule has 0 saturated carbocycles. The Hall–Kier alpha value is -0.570. The summed E-state index contributed by atoms with van der Waals surface area (Å²) in [7, 11) is 0. The molecule has 1 aromatic carbocycles. The summed E-state index contributed by atoms with van der Waals surface area (Å²) >= 11 is 6.22. The Kier molecular flexibility index (Phi) is 4.31. The number of hydrogen-bond donors (Lipinski definition) is 1. The molecule has 1 heterocycles. The van der Waals surface area contributed by atoms with Gasteiger partial charge in [0.2, 0.25) is 0 Å². The highest BCUT2D eigenvalue weighted by Gasteiger charge is 2.30. The molecule has 1 saturated heterocycles. The fraction of sp³-hybridized carbons (Fsp3) is 0.600. The van der Waals surface area contributed by atoms with E-state index in [0.717, 1.165) is 36.0 Å². The van der Waals surface area contributed by atoms with Gasteiger partial charge in [-0.25, -0.2) is 0 Å². The van der Waals surface area contributed by atoms with E-state index in [1.54, 1.807) is 0 Å². The highest BCUT2D eigenvalue weighted by atomic mass is 35.5. The summed E-state index contributed by atoms with van der Waals surface area (Å²) in [6, 6.07) is 7.99. The second-order valence-corrected chi connectivity index (χ2v) is 6.20. The van der Waals surface area contributed by atoms with Gasteiger partial charge in [0.05, 0.1) is 5.66 Å². The molecule has 100 valence electrons. The average molecular weight is 267 g/mol. The summed E-state index contributed by atoms with van der Waals surface area (Å²) in [5.74, 6) is 0.831. The number of piperidine rings is 1. The van der Waals surface area contributed by atoms with Gasteiger partial charge in [0.1, 0.15) is 0 Å². The van der Waals surface area contributed by atoms with Crippen LogP contribution in [0.3, 0.4) is 0 Å². The van der Waals surface area contributed by atoms with Crippen molar-refractivity contribution in [3.63, 3.8) is 0 Å². The topological polar surface area (TPSA) is 29.3 Å². The smallest absolute Gasteiger partial charge is 0.0700 e. The van der Waals surface area contributed by atoms with E-state index in [1.807, 2.05) is 18.2 Å². The maximum Gasteiger partial charge on any atom is 0.0700 e. The van der Waals surface area contributed by atoms with Crippen molar-refractivity contribution in [3.8, 4) is 0 Å². The molecule has 2 nitrogen and oxygen atoms in total. The highest BCUT2D eigenvalue weighted by molar-refractivity contribution is 6.31. The number of halogens is 1. The first-order valence-electron chi connectivity index (χ1n) is 6.76. The van der Waals surface area contributed by atoms with Gasteiger partial charge in [-0.1, -0.05) is 36.7 Å². The van der Waals surface area contributed by atoms with Crippen LogP contribution >= 0.6 is 11.6 Å². The molecule has 0 radical (unpaired) electrons. The van der Waals surface area contributed by atoms with E-state index in [-0.39, 0.29) is 5.66 Å². The molecule has 0 bridgehead atoms. The first-order chi connectivity index (χ1) is 8.49. The van der Waals surface area contributed by atoms with E-state index in [0.29, 0.717) is 0 Å². The summed E-state index contributed by atoms with van der Waals surface area (Å²) in [5, 5.41) is 0.819. The molecule has 1 aromatic rings. The predicted molar refractivity (Wildman–Crippen MR) is 77.7 cm³/mol. The van der Waals surface area contributed by atoms with E-state index < -0.39 is 0 Å². The van der Waals surface area contributed by atoms with Crippen LogP contribution < -0.4 is 5.73 Å². The van der Waals surface area contributed by atoms with Crippen molar-refractivity contribution in [2.24, 2.45) is 11.7 Å². The molecule has 0 amide bonds. The molecule has 1 unspecified atom stereocenters. The number of likely N-dealkylation sites (tertiary alicyclic amines) is 1.